The van der Waals surface area contributed by atoms with Crippen molar-refractivity contribution in [3.05, 3.63) is 29.3 Å². The van der Waals surface area contributed by atoms with Crippen LogP contribution in [-0.4, -0.2) is 31.4 Å². The number of esters is 2. The van der Waals surface area contributed by atoms with E-state index in [1.165, 1.54) is 6.07 Å². The van der Waals surface area contributed by atoms with E-state index in [1.54, 1.807) is 26.0 Å². The van der Waals surface area contributed by atoms with Crippen LogP contribution < -0.4 is 5.73 Å². The van der Waals surface area contributed by atoms with Crippen LogP contribution in [0.15, 0.2) is 18.2 Å². The van der Waals surface area contributed by atoms with Gasteiger partial charge in [0.25, 0.3) is 0 Å². The number of benzene rings is 1. The van der Waals surface area contributed by atoms with Crippen LogP contribution in [0.1, 0.15) is 30.9 Å². The van der Waals surface area contributed by atoms with Crippen LogP contribution in [0.2, 0.25) is 0 Å². The van der Waals surface area contributed by atoms with Gasteiger partial charge in [0.15, 0.2) is 5.92 Å². The van der Waals surface area contributed by atoms with Gasteiger partial charge in [0.05, 0.1) is 13.2 Å². The smallest absolute Gasteiger partial charge is 0.324 e. The molecule has 0 bridgehead atoms. The lowest BCUT2D eigenvalue weighted by atomic mass is 9.96. The monoisotopic (exact) mass is 278 g/mol. The minimum Gasteiger partial charge on any atom is -0.465 e. The fourth-order valence-corrected chi connectivity index (χ4v) is 1.72. The van der Waals surface area contributed by atoms with Gasteiger partial charge in [0.2, 0.25) is 0 Å². The maximum Gasteiger partial charge on any atom is 0.324 e. The van der Waals surface area contributed by atoms with Gasteiger partial charge < -0.3 is 20.6 Å². The van der Waals surface area contributed by atoms with Crippen LogP contribution in [0.4, 0.5) is 5.69 Å². The number of ether oxygens (including phenoxy) is 2. The molecule has 0 saturated heterocycles. The highest BCUT2D eigenvalue weighted by atomic mass is 16.6. The van der Waals surface area contributed by atoms with Gasteiger partial charge in [0.1, 0.15) is 0 Å². The number of hydrogen-bond donors (Lipinski definition) is 2. The highest BCUT2D eigenvalue weighted by Crippen LogP contribution is 2.23. The van der Waals surface area contributed by atoms with Gasteiger partial charge in [-0.25, -0.2) is 0 Å². The minimum atomic E-state index is -1.16. The summed E-state index contributed by atoms with van der Waals surface area (Å²) in [5, 5.41) is 7.26. The lowest BCUT2D eigenvalue weighted by molar-refractivity contribution is -0.156. The Morgan fingerprint density at radius 1 is 1.25 bits per heavy atom. The van der Waals surface area contributed by atoms with E-state index in [9.17, 15) is 9.59 Å². The Kier molecular flexibility index (Phi) is 5.71. The standard InChI is InChI=1S/C14H18N2O4/c1-3-19-13(17)12(14(18)20-4-2)9-5-6-11(16)10(7-9)8-15/h5-8,12,15H,3-4,16H2,1-2H3. The molecule has 0 aliphatic rings. The van der Waals surface area contributed by atoms with Crippen LogP contribution in [-0.2, 0) is 19.1 Å². The van der Waals surface area contributed by atoms with E-state index >= 15 is 0 Å². The van der Waals surface area contributed by atoms with Gasteiger partial charge in [-0.15, -0.1) is 0 Å². The Morgan fingerprint density at radius 3 is 2.25 bits per heavy atom. The van der Waals surface area contributed by atoms with E-state index in [1.807, 2.05) is 0 Å². The molecule has 0 spiro atoms. The van der Waals surface area contributed by atoms with E-state index < -0.39 is 17.9 Å². The van der Waals surface area contributed by atoms with Crippen molar-refractivity contribution in [1.82, 2.24) is 0 Å². The summed E-state index contributed by atoms with van der Waals surface area (Å²) in [6.45, 7) is 3.65. The molecule has 20 heavy (non-hydrogen) atoms. The summed E-state index contributed by atoms with van der Waals surface area (Å²) < 4.78 is 9.80. The third-order valence-electron chi connectivity index (χ3n) is 2.64. The molecule has 1 rings (SSSR count). The normalized spacial score (nSPS) is 10.2. The molecule has 0 aliphatic carbocycles. The number of nitrogens with one attached hydrogen (secondary N) is 1. The number of anilines is 1. The Labute approximate surface area is 117 Å². The Morgan fingerprint density at radius 2 is 1.80 bits per heavy atom. The van der Waals surface area contributed by atoms with Crippen LogP contribution in [0.5, 0.6) is 0 Å². The third-order valence-corrected chi connectivity index (χ3v) is 2.64. The summed E-state index contributed by atoms with van der Waals surface area (Å²) in [7, 11) is 0. The summed E-state index contributed by atoms with van der Waals surface area (Å²) in [4.78, 5) is 23.9. The van der Waals surface area contributed by atoms with Gasteiger partial charge in [-0.1, -0.05) is 6.07 Å². The molecule has 0 atom stereocenters. The summed E-state index contributed by atoms with van der Waals surface area (Å²) >= 11 is 0. The van der Waals surface area contributed by atoms with E-state index in [2.05, 4.69) is 0 Å². The number of nitrogens with two attached hydrogens (primary N) is 1. The van der Waals surface area contributed by atoms with Crippen molar-refractivity contribution >= 4 is 23.8 Å². The van der Waals surface area contributed by atoms with Crippen molar-refractivity contribution in [2.24, 2.45) is 0 Å². The maximum atomic E-state index is 11.9. The van der Waals surface area contributed by atoms with E-state index in [0.29, 0.717) is 16.8 Å². The molecule has 0 radical (unpaired) electrons. The van der Waals surface area contributed by atoms with Gasteiger partial charge in [-0.2, -0.15) is 0 Å². The minimum absolute atomic E-state index is 0.168. The molecule has 0 amide bonds. The van der Waals surface area contributed by atoms with Gasteiger partial charge >= 0.3 is 11.9 Å². The van der Waals surface area contributed by atoms with Gasteiger partial charge in [-0.05, 0) is 31.5 Å². The molecule has 1 aromatic carbocycles. The number of hydrogen-bond acceptors (Lipinski definition) is 6. The van der Waals surface area contributed by atoms with Crippen LogP contribution in [0.3, 0.4) is 0 Å². The molecule has 0 fully saturated rings. The molecule has 0 heterocycles. The lowest BCUT2D eigenvalue weighted by Crippen LogP contribution is -2.26. The molecular formula is C14H18N2O4. The fraction of sp³-hybridized carbons (Fsp3) is 0.357. The largest absolute Gasteiger partial charge is 0.465 e. The molecular weight excluding hydrogens is 260 g/mol. The summed E-state index contributed by atoms with van der Waals surface area (Å²) in [5.74, 6) is -2.51. The summed E-state index contributed by atoms with van der Waals surface area (Å²) in [5.41, 5.74) is 6.91. The lowest BCUT2D eigenvalue weighted by Gasteiger charge is -2.15. The highest BCUT2D eigenvalue weighted by Gasteiger charge is 2.31. The SMILES string of the molecule is CCOC(=O)C(C(=O)OCC)c1ccc(N)c(C=N)c1. The van der Waals surface area contributed by atoms with E-state index in [-0.39, 0.29) is 13.2 Å². The predicted molar refractivity (Wildman–Crippen MR) is 74.7 cm³/mol. The second-order valence-corrected chi connectivity index (χ2v) is 3.97. The molecule has 0 aromatic heterocycles. The maximum absolute atomic E-state index is 11.9. The summed E-state index contributed by atoms with van der Waals surface area (Å²) in [6, 6.07) is 4.61. The zero-order chi connectivity index (χ0) is 15.1. The number of nitrogen functional groups attached to an aromatic ring is 1. The van der Waals surface area contributed by atoms with Gasteiger partial charge in [-0.3, -0.25) is 9.59 Å². The van der Waals surface area contributed by atoms with Crippen molar-refractivity contribution < 1.29 is 19.1 Å². The molecule has 0 aliphatic heterocycles. The molecule has 108 valence electrons. The second kappa shape index (κ2) is 7.28. The van der Waals surface area contributed by atoms with Crippen LogP contribution >= 0.6 is 0 Å². The Balaban J connectivity index is 3.19. The molecule has 1 aromatic rings. The first-order valence-corrected chi connectivity index (χ1v) is 6.28. The fourth-order valence-electron chi connectivity index (χ4n) is 1.72. The highest BCUT2D eigenvalue weighted by molar-refractivity contribution is 6.01. The summed E-state index contributed by atoms with van der Waals surface area (Å²) in [6.07, 6.45) is 1.06. The molecule has 0 saturated carbocycles. The van der Waals surface area contributed by atoms with Crippen molar-refractivity contribution in [2.75, 3.05) is 18.9 Å². The topological polar surface area (TPSA) is 102 Å². The van der Waals surface area contributed by atoms with Crippen LogP contribution in [0, 0.1) is 5.41 Å². The van der Waals surface area contributed by atoms with Crippen molar-refractivity contribution in [2.45, 2.75) is 19.8 Å². The second-order valence-electron chi connectivity index (χ2n) is 3.97. The zero-order valence-electron chi connectivity index (χ0n) is 11.5. The number of carbonyl (C=O) groups excluding carboxylic acids is 2. The average molecular weight is 278 g/mol. The molecule has 6 heteroatoms. The molecule has 0 unspecified atom stereocenters. The molecule has 3 N–H and O–H groups in total. The quantitative estimate of drug-likeness (QED) is 0.355. The van der Waals surface area contributed by atoms with Crippen molar-refractivity contribution in [3.8, 4) is 0 Å². The first kappa shape index (κ1) is 15.7. The number of carbonyl (C=O) groups is 2. The third kappa shape index (κ3) is 3.57. The average Bonchev–Trinajstić information content (AvgIpc) is 2.41. The molecule has 6 nitrogen and oxygen atoms in total. The van der Waals surface area contributed by atoms with E-state index in [4.69, 9.17) is 20.6 Å². The van der Waals surface area contributed by atoms with Crippen LogP contribution in [0.25, 0.3) is 0 Å². The Hall–Kier alpha value is -2.37. The number of rotatable bonds is 6. The first-order valence-electron chi connectivity index (χ1n) is 6.28. The van der Waals surface area contributed by atoms with Gasteiger partial charge in [0, 0.05) is 17.5 Å². The van der Waals surface area contributed by atoms with Crippen molar-refractivity contribution in [1.29, 1.82) is 5.41 Å². The first-order chi connectivity index (χ1) is 9.54. The Bertz CT molecular complexity index is 496. The predicted octanol–water partition coefficient (Wildman–Crippen LogP) is 1.48. The van der Waals surface area contributed by atoms with E-state index in [0.717, 1.165) is 6.21 Å². The van der Waals surface area contributed by atoms with Crippen molar-refractivity contribution in [3.63, 3.8) is 0 Å². The zero-order valence-corrected chi connectivity index (χ0v) is 11.5.